The first kappa shape index (κ1) is 18.6. The average molecular weight is 405 g/mol. The van der Waals surface area contributed by atoms with E-state index in [9.17, 15) is 24.6 Å². The van der Waals surface area contributed by atoms with E-state index < -0.39 is 18.0 Å². The predicted octanol–water partition coefficient (Wildman–Crippen LogP) is -0.276. The van der Waals surface area contributed by atoms with Crippen LogP contribution in [-0.4, -0.2) is 50.1 Å². The molecule has 2 aromatic heterocycles. The molecule has 1 saturated heterocycles. The summed E-state index contributed by atoms with van der Waals surface area (Å²) in [6.07, 6.45) is 3.52. The Morgan fingerprint density at radius 1 is 1.50 bits per heavy atom. The third-order valence-corrected chi connectivity index (χ3v) is 6.85. The van der Waals surface area contributed by atoms with Gasteiger partial charge in [0.1, 0.15) is 11.9 Å². The second-order valence-electron chi connectivity index (χ2n) is 7.30. The van der Waals surface area contributed by atoms with Crippen LogP contribution >= 0.6 is 11.3 Å². The summed E-state index contributed by atoms with van der Waals surface area (Å²) in [6.45, 7) is 3.81. The van der Waals surface area contributed by atoms with E-state index in [-0.39, 0.29) is 23.6 Å². The van der Waals surface area contributed by atoms with Crippen molar-refractivity contribution in [2.75, 3.05) is 0 Å². The Labute approximate surface area is 164 Å². The third kappa shape index (κ3) is 2.41. The molecular formula is C18H21N4O5S+. The Morgan fingerprint density at radius 3 is 2.82 bits per heavy atom. The number of aliphatic hydroxyl groups excluding tert-OH is 1. The lowest BCUT2D eigenvalue weighted by Gasteiger charge is -2.46. The van der Waals surface area contributed by atoms with Crippen LogP contribution in [0.25, 0.3) is 10.4 Å². The van der Waals surface area contributed by atoms with Crippen LogP contribution in [0.3, 0.4) is 0 Å². The number of carbonyl (C=O) groups excluding carboxylic acids is 2. The summed E-state index contributed by atoms with van der Waals surface area (Å²) in [5, 5.41) is 22.4. The SMILES string of the molecule is C[C@@H](O)[C@H]1C(=O)N2C(C(=O)O)=C(c3c[n+]4cn(C)c(CNC=O)c4s3)[C@H](C)[C@H]12. The Hall–Kier alpha value is -2.72. The molecule has 0 unspecified atom stereocenters. The van der Waals surface area contributed by atoms with Crippen LogP contribution in [0.2, 0.25) is 0 Å². The van der Waals surface area contributed by atoms with Crippen LogP contribution in [0.1, 0.15) is 24.4 Å². The number of β-lactam (4-membered cyclic amide) rings is 1. The first-order chi connectivity index (χ1) is 13.3. The normalized spacial score (nSPS) is 25.1. The van der Waals surface area contributed by atoms with Crippen LogP contribution in [0, 0.1) is 11.8 Å². The molecule has 2 aromatic rings. The molecule has 4 atom stereocenters. The number of amides is 2. The van der Waals surface area contributed by atoms with Crippen molar-refractivity contribution in [3.05, 3.63) is 28.8 Å². The summed E-state index contributed by atoms with van der Waals surface area (Å²) < 4.78 is 3.79. The zero-order chi connectivity index (χ0) is 20.3. The number of aliphatic hydroxyl groups is 1. The van der Waals surface area contributed by atoms with E-state index in [4.69, 9.17) is 0 Å². The van der Waals surface area contributed by atoms with Gasteiger partial charge in [-0.1, -0.05) is 18.3 Å². The zero-order valence-corrected chi connectivity index (χ0v) is 16.4. The van der Waals surface area contributed by atoms with Crippen LogP contribution < -0.4 is 9.72 Å². The molecule has 0 saturated carbocycles. The summed E-state index contributed by atoms with van der Waals surface area (Å²) in [5.41, 5.74) is 1.51. The minimum Gasteiger partial charge on any atom is -0.477 e. The molecule has 10 heteroatoms. The number of aryl methyl sites for hydroxylation is 1. The van der Waals surface area contributed by atoms with E-state index in [0.29, 0.717) is 18.5 Å². The maximum atomic E-state index is 12.5. The summed E-state index contributed by atoms with van der Waals surface area (Å²) in [7, 11) is 1.87. The molecule has 0 radical (unpaired) electrons. The summed E-state index contributed by atoms with van der Waals surface area (Å²) in [5.74, 6) is -2.28. The van der Waals surface area contributed by atoms with Crippen molar-refractivity contribution in [1.29, 1.82) is 0 Å². The number of fused-ring (bicyclic) bond motifs is 2. The van der Waals surface area contributed by atoms with Crippen LogP contribution in [0.5, 0.6) is 0 Å². The summed E-state index contributed by atoms with van der Waals surface area (Å²) >= 11 is 1.42. The fourth-order valence-corrected chi connectivity index (χ4v) is 5.73. The lowest BCUT2D eigenvalue weighted by Crippen LogP contribution is -2.63. The molecule has 148 valence electrons. The number of carboxylic acids is 1. The van der Waals surface area contributed by atoms with Gasteiger partial charge in [0.25, 0.3) is 0 Å². The Bertz CT molecular complexity index is 1040. The van der Waals surface area contributed by atoms with Gasteiger partial charge in [0.15, 0.2) is 5.69 Å². The highest BCUT2D eigenvalue weighted by Crippen LogP contribution is 2.51. The van der Waals surface area contributed by atoms with E-state index in [1.807, 2.05) is 35.5 Å². The number of rotatable bonds is 6. The molecule has 0 aromatic carbocycles. The first-order valence-electron chi connectivity index (χ1n) is 8.92. The quantitative estimate of drug-likeness (QED) is 0.347. The highest BCUT2D eigenvalue weighted by Gasteiger charge is 2.60. The standard InChI is InChI=1S/C18H20N4O5S/c1-8-12(15(18(26)27)22-14(8)13(9(2)24)16(22)25)11-5-21-7-20(3)10(4-19-6-23)17(21)28-11/h5-9,13-14,24H,4H2,1-3H3,(H-,19,23,26,27)/p+1/t8-,9+,13+,14+/m0/s1. The second-order valence-corrected chi connectivity index (χ2v) is 8.33. The zero-order valence-electron chi connectivity index (χ0n) is 15.6. The molecule has 2 amide bonds. The molecule has 0 aliphatic carbocycles. The number of thiazole rings is 1. The number of aromatic nitrogens is 2. The van der Waals surface area contributed by atoms with Crippen molar-refractivity contribution in [3.8, 4) is 0 Å². The van der Waals surface area contributed by atoms with Gasteiger partial charge in [0.2, 0.25) is 23.5 Å². The van der Waals surface area contributed by atoms with Crippen molar-refractivity contribution in [3.63, 3.8) is 0 Å². The molecule has 1 fully saturated rings. The van der Waals surface area contributed by atoms with Crippen LogP contribution in [0.15, 0.2) is 18.2 Å². The predicted molar refractivity (Wildman–Crippen MR) is 98.9 cm³/mol. The molecule has 0 spiro atoms. The number of hydrogen-bond acceptors (Lipinski definition) is 5. The van der Waals surface area contributed by atoms with Gasteiger partial charge in [-0.05, 0) is 6.92 Å². The largest absolute Gasteiger partial charge is 0.477 e. The Balaban J connectivity index is 1.81. The second kappa shape index (κ2) is 6.42. The highest BCUT2D eigenvalue weighted by molar-refractivity contribution is 7.18. The number of nitrogens with zero attached hydrogens (tertiary/aromatic N) is 3. The van der Waals surface area contributed by atoms with Gasteiger partial charge in [-0.2, -0.15) is 4.40 Å². The highest BCUT2D eigenvalue weighted by atomic mass is 32.1. The van der Waals surface area contributed by atoms with Crippen molar-refractivity contribution in [1.82, 2.24) is 14.8 Å². The fourth-order valence-electron chi connectivity index (χ4n) is 4.43. The molecule has 9 nitrogen and oxygen atoms in total. The lowest BCUT2D eigenvalue weighted by molar-refractivity contribution is -0.508. The molecule has 3 N–H and O–H groups in total. The number of carboxylic acid groups (broad SMARTS) is 1. The smallest absolute Gasteiger partial charge is 0.352 e. The Kier molecular flexibility index (Phi) is 4.27. The van der Waals surface area contributed by atoms with E-state index in [1.165, 1.54) is 16.2 Å². The van der Waals surface area contributed by atoms with Gasteiger partial charge in [0, 0.05) is 11.5 Å². The van der Waals surface area contributed by atoms with Gasteiger partial charge in [-0.3, -0.25) is 9.59 Å². The number of carbonyl (C=O) groups is 3. The molecule has 4 heterocycles. The minimum atomic E-state index is -1.15. The molecule has 2 aliphatic heterocycles. The molecular weight excluding hydrogens is 384 g/mol. The van der Waals surface area contributed by atoms with Crippen LogP contribution in [0.4, 0.5) is 0 Å². The summed E-state index contributed by atoms with van der Waals surface area (Å²) in [4.78, 5) is 38.1. The van der Waals surface area contributed by atoms with Gasteiger partial charge in [-0.25, -0.2) is 9.36 Å². The maximum absolute atomic E-state index is 12.5. The van der Waals surface area contributed by atoms with E-state index in [1.54, 1.807) is 6.92 Å². The van der Waals surface area contributed by atoms with Gasteiger partial charge < -0.3 is 20.4 Å². The van der Waals surface area contributed by atoms with Crippen molar-refractivity contribution in [2.24, 2.45) is 18.9 Å². The van der Waals surface area contributed by atoms with E-state index >= 15 is 0 Å². The molecule has 28 heavy (non-hydrogen) atoms. The first-order valence-corrected chi connectivity index (χ1v) is 9.74. The minimum absolute atomic E-state index is 0.000782. The van der Waals surface area contributed by atoms with Crippen molar-refractivity contribution >= 4 is 40.0 Å². The summed E-state index contributed by atoms with van der Waals surface area (Å²) in [6, 6.07) is -0.345. The number of imidazole rings is 1. The van der Waals surface area contributed by atoms with E-state index in [0.717, 1.165) is 15.4 Å². The fraction of sp³-hybridized carbons (Fsp3) is 0.444. The number of nitrogens with one attached hydrogen (secondary N) is 1. The van der Waals surface area contributed by atoms with Crippen molar-refractivity contribution < 1.29 is 29.0 Å². The molecule has 4 rings (SSSR count). The Morgan fingerprint density at radius 2 is 2.21 bits per heavy atom. The maximum Gasteiger partial charge on any atom is 0.352 e. The molecule has 2 aliphatic rings. The lowest BCUT2D eigenvalue weighted by atomic mass is 9.77. The van der Waals surface area contributed by atoms with Gasteiger partial charge in [-0.15, -0.1) is 0 Å². The van der Waals surface area contributed by atoms with Crippen molar-refractivity contribution in [2.45, 2.75) is 32.5 Å². The number of aliphatic carboxylic acids is 1. The number of hydrogen-bond donors (Lipinski definition) is 3. The van der Waals surface area contributed by atoms with Crippen LogP contribution in [-0.2, 0) is 28.0 Å². The molecule has 0 bridgehead atoms. The van der Waals surface area contributed by atoms with E-state index in [2.05, 4.69) is 5.32 Å². The van der Waals surface area contributed by atoms with Gasteiger partial charge in [0.05, 0.1) is 36.5 Å². The monoisotopic (exact) mass is 405 g/mol. The van der Waals surface area contributed by atoms with Gasteiger partial charge >= 0.3 is 5.97 Å². The average Bonchev–Trinajstić information content (AvgIpc) is 3.20. The topological polar surface area (TPSA) is 116 Å². The third-order valence-electron chi connectivity index (χ3n) is 5.66.